The van der Waals surface area contributed by atoms with Crippen molar-refractivity contribution in [1.29, 1.82) is 0 Å². The van der Waals surface area contributed by atoms with E-state index in [1.165, 1.54) is 16.4 Å². The average Bonchev–Trinajstić information content (AvgIpc) is 3.20. The summed E-state index contributed by atoms with van der Waals surface area (Å²) in [4.78, 5) is 29.0. The standard InChI is InChI=1S/C22H24ClN3O5S/c1-31-19-4-2-3-18(14-19)26-15-16(13-21(26)27)22(28)24-9-11-25(12-10-24)32(29,30)20-7-5-17(23)6-8-20/h2-8,14,16H,9-13,15H2,1H3/t16-/m0/s1. The normalized spacial score (nSPS) is 19.9. The van der Waals surface area contributed by atoms with Gasteiger partial charge in [0.05, 0.1) is 17.9 Å². The molecular formula is C22H24ClN3O5S. The fraction of sp³-hybridized carbons (Fsp3) is 0.364. The molecule has 4 rings (SSSR count). The van der Waals surface area contributed by atoms with Gasteiger partial charge in [-0.05, 0) is 36.4 Å². The van der Waals surface area contributed by atoms with E-state index in [-0.39, 0.29) is 49.3 Å². The molecule has 0 spiro atoms. The average molecular weight is 478 g/mol. The van der Waals surface area contributed by atoms with Gasteiger partial charge in [0, 0.05) is 55.9 Å². The highest BCUT2D eigenvalue weighted by molar-refractivity contribution is 7.89. The smallest absolute Gasteiger partial charge is 0.243 e. The fourth-order valence-corrected chi connectivity index (χ4v) is 5.61. The molecule has 1 atom stereocenters. The summed E-state index contributed by atoms with van der Waals surface area (Å²) in [6.45, 7) is 1.28. The molecule has 8 nitrogen and oxygen atoms in total. The highest BCUT2D eigenvalue weighted by atomic mass is 35.5. The van der Waals surface area contributed by atoms with Crippen molar-refractivity contribution in [2.45, 2.75) is 11.3 Å². The molecule has 2 amide bonds. The molecule has 2 fully saturated rings. The van der Waals surface area contributed by atoms with E-state index in [4.69, 9.17) is 16.3 Å². The van der Waals surface area contributed by atoms with E-state index in [2.05, 4.69) is 0 Å². The van der Waals surface area contributed by atoms with Crippen molar-refractivity contribution in [3.05, 3.63) is 53.6 Å². The zero-order valence-electron chi connectivity index (χ0n) is 17.6. The first-order valence-corrected chi connectivity index (χ1v) is 12.1. The van der Waals surface area contributed by atoms with Crippen LogP contribution in [0.4, 0.5) is 5.69 Å². The molecule has 0 saturated carbocycles. The number of methoxy groups -OCH3 is 1. The molecule has 2 aliphatic rings. The third-order valence-corrected chi connectivity index (χ3v) is 8.01. The summed E-state index contributed by atoms with van der Waals surface area (Å²) < 4.78 is 32.3. The van der Waals surface area contributed by atoms with Gasteiger partial charge >= 0.3 is 0 Å². The molecule has 0 aliphatic carbocycles. The largest absolute Gasteiger partial charge is 0.497 e. The Balaban J connectivity index is 1.38. The number of anilines is 1. The Bertz CT molecular complexity index is 1110. The minimum atomic E-state index is -3.64. The lowest BCUT2D eigenvalue weighted by Crippen LogP contribution is -2.52. The molecule has 10 heteroatoms. The molecular weight excluding hydrogens is 454 g/mol. The second kappa shape index (κ2) is 9.09. The van der Waals surface area contributed by atoms with E-state index in [1.54, 1.807) is 47.2 Å². The number of nitrogens with zero attached hydrogens (tertiary/aromatic N) is 3. The van der Waals surface area contributed by atoms with E-state index in [9.17, 15) is 18.0 Å². The lowest BCUT2D eigenvalue weighted by Gasteiger charge is -2.35. The van der Waals surface area contributed by atoms with E-state index >= 15 is 0 Å². The third-order valence-electron chi connectivity index (χ3n) is 5.84. The molecule has 2 saturated heterocycles. The number of halogens is 1. The highest BCUT2D eigenvalue weighted by Crippen LogP contribution is 2.29. The summed E-state index contributed by atoms with van der Waals surface area (Å²) in [6.07, 6.45) is 0.138. The zero-order chi connectivity index (χ0) is 22.9. The quantitative estimate of drug-likeness (QED) is 0.659. The van der Waals surface area contributed by atoms with Crippen LogP contribution in [0, 0.1) is 5.92 Å². The van der Waals surface area contributed by atoms with Gasteiger partial charge in [-0.15, -0.1) is 0 Å². The summed E-state index contributed by atoms with van der Waals surface area (Å²) in [7, 11) is -2.09. The van der Waals surface area contributed by atoms with Crippen molar-refractivity contribution in [2.75, 3.05) is 44.7 Å². The topological polar surface area (TPSA) is 87.2 Å². The second-order valence-corrected chi connectivity index (χ2v) is 10.2. The van der Waals surface area contributed by atoms with Crippen molar-refractivity contribution in [3.63, 3.8) is 0 Å². The van der Waals surface area contributed by atoms with Gasteiger partial charge in [-0.1, -0.05) is 17.7 Å². The first-order valence-electron chi connectivity index (χ1n) is 10.3. The first kappa shape index (κ1) is 22.6. The fourth-order valence-electron chi connectivity index (χ4n) is 4.06. The molecule has 170 valence electrons. The van der Waals surface area contributed by atoms with Crippen molar-refractivity contribution < 1.29 is 22.7 Å². The van der Waals surface area contributed by atoms with Crippen molar-refractivity contribution in [2.24, 2.45) is 5.92 Å². The van der Waals surface area contributed by atoms with Gasteiger partial charge in [0.15, 0.2) is 0 Å². The number of hydrogen-bond acceptors (Lipinski definition) is 5. The summed E-state index contributed by atoms with van der Waals surface area (Å²) >= 11 is 5.85. The van der Waals surface area contributed by atoms with Crippen molar-refractivity contribution in [1.82, 2.24) is 9.21 Å². The van der Waals surface area contributed by atoms with E-state index < -0.39 is 15.9 Å². The second-order valence-electron chi connectivity index (χ2n) is 7.79. The minimum Gasteiger partial charge on any atom is -0.497 e. The lowest BCUT2D eigenvalue weighted by atomic mass is 10.1. The number of sulfonamides is 1. The lowest BCUT2D eigenvalue weighted by molar-refractivity contribution is -0.136. The van der Waals surface area contributed by atoms with Gasteiger partial charge in [-0.25, -0.2) is 8.42 Å². The predicted octanol–water partition coefficient (Wildman–Crippen LogP) is 2.23. The minimum absolute atomic E-state index is 0.111. The highest BCUT2D eigenvalue weighted by Gasteiger charge is 2.39. The van der Waals surface area contributed by atoms with Crippen LogP contribution in [0.25, 0.3) is 0 Å². The van der Waals surface area contributed by atoms with Crippen LogP contribution in [0.2, 0.25) is 5.02 Å². The Labute approximate surface area is 192 Å². The van der Waals surface area contributed by atoms with Crippen LogP contribution in [0.3, 0.4) is 0 Å². The van der Waals surface area contributed by atoms with Crippen molar-refractivity contribution >= 4 is 39.1 Å². The van der Waals surface area contributed by atoms with Crippen LogP contribution in [-0.2, 0) is 19.6 Å². The van der Waals surface area contributed by atoms with E-state index in [0.29, 0.717) is 23.0 Å². The number of carbonyl (C=O) groups is 2. The van der Waals surface area contributed by atoms with Crippen LogP contribution in [-0.4, -0.2) is 69.3 Å². The summed E-state index contributed by atoms with van der Waals surface area (Å²) in [5.41, 5.74) is 0.698. The Morgan fingerprint density at radius 2 is 1.75 bits per heavy atom. The number of amides is 2. The zero-order valence-corrected chi connectivity index (χ0v) is 19.2. The SMILES string of the molecule is COc1cccc(N2C[C@@H](C(=O)N3CCN(S(=O)(=O)c4ccc(Cl)cc4)CC3)CC2=O)c1. The number of hydrogen-bond donors (Lipinski definition) is 0. The maximum absolute atomic E-state index is 13.0. The Hall–Kier alpha value is -2.62. The molecule has 2 aliphatic heterocycles. The molecule has 2 aromatic rings. The monoisotopic (exact) mass is 477 g/mol. The van der Waals surface area contributed by atoms with Gasteiger partial charge < -0.3 is 14.5 Å². The van der Waals surface area contributed by atoms with Gasteiger partial charge in [-0.2, -0.15) is 4.31 Å². The maximum Gasteiger partial charge on any atom is 0.243 e. The molecule has 0 aromatic heterocycles. The van der Waals surface area contributed by atoms with E-state index in [1.807, 2.05) is 6.07 Å². The van der Waals surface area contributed by atoms with Crippen LogP contribution in [0.1, 0.15) is 6.42 Å². The van der Waals surface area contributed by atoms with Gasteiger partial charge in [0.25, 0.3) is 0 Å². The number of piperazine rings is 1. The molecule has 32 heavy (non-hydrogen) atoms. The molecule has 0 N–H and O–H groups in total. The van der Waals surface area contributed by atoms with Crippen LogP contribution >= 0.6 is 11.6 Å². The Kier molecular flexibility index (Phi) is 6.41. The maximum atomic E-state index is 13.0. The van der Waals surface area contributed by atoms with Crippen molar-refractivity contribution in [3.8, 4) is 5.75 Å². The molecule has 2 heterocycles. The number of ether oxygens (including phenoxy) is 1. The Morgan fingerprint density at radius 1 is 1.06 bits per heavy atom. The summed E-state index contributed by atoms with van der Waals surface area (Å²) in [5.74, 6) is -0.0379. The van der Waals surface area contributed by atoms with Crippen LogP contribution < -0.4 is 9.64 Å². The predicted molar refractivity (Wildman–Crippen MR) is 120 cm³/mol. The van der Waals surface area contributed by atoms with Gasteiger partial charge in [0.2, 0.25) is 21.8 Å². The molecule has 0 unspecified atom stereocenters. The number of benzene rings is 2. The van der Waals surface area contributed by atoms with Crippen LogP contribution in [0.15, 0.2) is 53.4 Å². The van der Waals surface area contributed by atoms with Gasteiger partial charge in [0.1, 0.15) is 5.75 Å². The molecule has 0 bridgehead atoms. The first-order chi connectivity index (χ1) is 15.3. The number of carbonyl (C=O) groups excluding carboxylic acids is 2. The van der Waals surface area contributed by atoms with Crippen LogP contribution in [0.5, 0.6) is 5.75 Å². The summed E-state index contributed by atoms with van der Waals surface area (Å²) in [5, 5.41) is 0.466. The Morgan fingerprint density at radius 3 is 2.41 bits per heavy atom. The summed E-state index contributed by atoms with van der Waals surface area (Å²) in [6, 6.07) is 13.2. The van der Waals surface area contributed by atoms with E-state index in [0.717, 1.165) is 0 Å². The number of rotatable bonds is 5. The molecule has 0 radical (unpaired) electrons. The molecule has 2 aromatic carbocycles. The van der Waals surface area contributed by atoms with Gasteiger partial charge in [-0.3, -0.25) is 9.59 Å². The third kappa shape index (κ3) is 4.46.